The topological polar surface area (TPSA) is 293 Å². The highest BCUT2D eigenvalue weighted by Crippen LogP contribution is 2.15. The molecule has 5 unspecified atom stereocenters. The Labute approximate surface area is 300 Å². The molecule has 0 aliphatic carbocycles. The van der Waals surface area contributed by atoms with Crippen LogP contribution in [0.15, 0.2) is 0 Å². The Balaban J connectivity index is -0.000000271. The molecule has 0 saturated carbocycles. The molecule has 19 nitrogen and oxygen atoms in total. The van der Waals surface area contributed by atoms with Crippen molar-refractivity contribution in [1.29, 1.82) is 0 Å². The molecule has 8 amide bonds. The van der Waals surface area contributed by atoms with Crippen molar-refractivity contribution in [2.45, 2.75) is 66.7 Å². The molecule has 5 atom stereocenters. The maximum absolute atomic E-state index is 10.8. The maximum atomic E-state index is 10.8. The summed E-state index contributed by atoms with van der Waals surface area (Å²) in [5.74, 6) is -3.79. The molecule has 8 N–H and O–H groups in total. The summed E-state index contributed by atoms with van der Waals surface area (Å²) < 4.78 is 8.84. The van der Waals surface area contributed by atoms with E-state index in [1.165, 1.54) is 54.4 Å². The summed E-state index contributed by atoms with van der Waals surface area (Å²) in [5, 5.41) is 9.70. The van der Waals surface area contributed by atoms with E-state index in [4.69, 9.17) is 11.5 Å². The van der Waals surface area contributed by atoms with E-state index in [2.05, 4.69) is 30.7 Å². The van der Waals surface area contributed by atoms with Crippen LogP contribution in [-0.4, -0.2) is 114 Å². The van der Waals surface area contributed by atoms with Gasteiger partial charge in [-0.1, -0.05) is 34.6 Å². The number of primary amides is 2. The average molecular weight is 734 g/mol. The molecule has 19 heteroatoms. The second-order valence-corrected chi connectivity index (χ2v) is 11.4. The summed E-state index contributed by atoms with van der Waals surface area (Å²) in [6.07, 6.45) is 0.986. The molecule has 51 heavy (non-hydrogen) atoms. The Kier molecular flexibility index (Phi) is 30.8. The third-order valence-electron chi connectivity index (χ3n) is 6.83. The molecule has 0 aromatic heterocycles. The first kappa shape index (κ1) is 52.7. The Morgan fingerprint density at radius 3 is 1.35 bits per heavy atom. The molecule has 0 aromatic rings. The lowest BCUT2D eigenvalue weighted by atomic mass is 10.1. The number of rotatable bonds is 12. The molecule has 0 bridgehead atoms. The number of ether oxygens (including phenoxy) is 2. The normalized spacial score (nSPS) is 14.8. The predicted molar refractivity (Wildman–Crippen MR) is 185 cm³/mol. The fourth-order valence-electron chi connectivity index (χ4n) is 3.40. The zero-order valence-electron chi connectivity index (χ0n) is 31.9. The molecule has 0 radical (unpaired) electrons. The fourth-order valence-corrected chi connectivity index (χ4v) is 3.40. The zero-order valence-corrected chi connectivity index (χ0v) is 31.9. The number of nitrogens with zero attached hydrogens (tertiary/aromatic N) is 1. The van der Waals surface area contributed by atoms with Gasteiger partial charge in [0.2, 0.25) is 47.3 Å². The first-order chi connectivity index (χ1) is 23.5. The summed E-state index contributed by atoms with van der Waals surface area (Å²) in [4.78, 5) is 108. The van der Waals surface area contributed by atoms with E-state index >= 15 is 0 Å². The Hall–Kier alpha value is -5.10. The molecule has 294 valence electrons. The van der Waals surface area contributed by atoms with E-state index in [1.807, 2.05) is 0 Å². The molecule has 1 aliphatic rings. The minimum Gasteiger partial charge on any atom is -0.469 e. The number of hydrogen-bond acceptors (Lipinski definition) is 12. The highest BCUT2D eigenvalue weighted by atomic mass is 16.5. The number of hydrogen-bond donors (Lipinski definition) is 6. The largest absolute Gasteiger partial charge is 0.469 e. The van der Waals surface area contributed by atoms with Crippen LogP contribution in [0.4, 0.5) is 0 Å². The minimum atomic E-state index is -0.448. The van der Waals surface area contributed by atoms with Crippen LogP contribution in [0.3, 0.4) is 0 Å². The first-order valence-corrected chi connectivity index (χ1v) is 15.9. The number of carbonyl (C=O) groups is 10. The van der Waals surface area contributed by atoms with Gasteiger partial charge in [0, 0.05) is 84.6 Å². The summed E-state index contributed by atoms with van der Waals surface area (Å²) in [7, 11) is 10.3. The van der Waals surface area contributed by atoms with Crippen LogP contribution >= 0.6 is 0 Å². The van der Waals surface area contributed by atoms with Crippen LogP contribution in [0.5, 0.6) is 0 Å². The highest BCUT2D eigenvalue weighted by molar-refractivity contribution is 6.02. The summed E-state index contributed by atoms with van der Waals surface area (Å²) in [6.45, 7) is 8.38. The number of carbonyl (C=O) groups excluding carboxylic acids is 10. The van der Waals surface area contributed by atoms with Gasteiger partial charge in [-0.2, -0.15) is 0 Å². The van der Waals surface area contributed by atoms with E-state index in [0.717, 1.165) is 0 Å². The lowest BCUT2D eigenvalue weighted by molar-refractivity contribution is -0.146. The van der Waals surface area contributed by atoms with Crippen molar-refractivity contribution in [3.05, 3.63) is 0 Å². The number of likely N-dealkylation sites (tertiary alicyclic amines) is 1. The highest BCUT2D eigenvalue weighted by Gasteiger charge is 2.32. The maximum Gasteiger partial charge on any atom is 0.308 e. The van der Waals surface area contributed by atoms with Gasteiger partial charge in [0.05, 0.1) is 26.6 Å². The zero-order chi connectivity index (χ0) is 41.0. The molecule has 1 fully saturated rings. The standard InChI is InChI=1S/2C7H13NO3.2C6H12N2O2.C6H9NO2/c1-5(7(10)8-2)4-6(9)11-3;1-5(7(10)11-3)4-6(9)8-2;1-4(6(7)10)3-5(9)8-2;1-4(3-5(7)9)6(10)8-2;1-4-3-5(8)7(2)6(4)9/h5H,4H2,1-3H3,(H,8,10);5H,4H2,1-3H3,(H,8,9);4H,3H2,1-2H3,(H2,7,10)(H,8,9);4H,3H2,1-2H3,(H2,7,9)(H,8,10);4H,3H2,1-2H3. The third-order valence-corrected chi connectivity index (χ3v) is 6.83. The van der Waals surface area contributed by atoms with Crippen LogP contribution in [0.1, 0.15) is 66.7 Å². The molecule has 0 aromatic carbocycles. The van der Waals surface area contributed by atoms with Crippen molar-refractivity contribution >= 4 is 59.2 Å². The summed E-state index contributed by atoms with van der Waals surface area (Å²) >= 11 is 0. The monoisotopic (exact) mass is 733 g/mol. The SMILES string of the molecule is CC1CC(=O)N(C)C1=O.CNC(=O)C(C)CC(=O)OC.CNC(=O)C(C)CC(N)=O.CNC(=O)CC(C)C(=O)OC.CNC(=O)CC(C)C(N)=O. The molecule has 1 saturated heterocycles. The predicted octanol–water partition coefficient (Wildman–Crippen LogP) is -1.64. The molecular formula is C32H59N7O12. The lowest BCUT2D eigenvalue weighted by Gasteiger charge is -2.06. The number of esters is 2. The van der Waals surface area contributed by atoms with E-state index < -0.39 is 11.8 Å². The molecule has 1 heterocycles. The van der Waals surface area contributed by atoms with Crippen LogP contribution in [0, 0.1) is 29.6 Å². The van der Waals surface area contributed by atoms with Gasteiger partial charge in [-0.3, -0.25) is 52.8 Å². The molecular weight excluding hydrogens is 674 g/mol. The Bertz CT molecular complexity index is 1140. The van der Waals surface area contributed by atoms with Gasteiger partial charge < -0.3 is 42.2 Å². The minimum absolute atomic E-state index is 0.0556. The van der Waals surface area contributed by atoms with Crippen molar-refractivity contribution < 1.29 is 57.4 Å². The smallest absolute Gasteiger partial charge is 0.308 e. The van der Waals surface area contributed by atoms with Crippen LogP contribution < -0.4 is 32.7 Å². The van der Waals surface area contributed by atoms with Crippen molar-refractivity contribution in [2.75, 3.05) is 49.5 Å². The second-order valence-electron chi connectivity index (χ2n) is 11.4. The quantitative estimate of drug-likeness (QED) is 0.0973. The second kappa shape index (κ2) is 29.8. The lowest BCUT2D eigenvalue weighted by Crippen LogP contribution is -2.28. The average Bonchev–Trinajstić information content (AvgIpc) is 3.31. The van der Waals surface area contributed by atoms with Crippen molar-refractivity contribution in [3.8, 4) is 0 Å². The van der Waals surface area contributed by atoms with Crippen LogP contribution in [0.2, 0.25) is 0 Å². The van der Waals surface area contributed by atoms with Gasteiger partial charge >= 0.3 is 11.9 Å². The van der Waals surface area contributed by atoms with Crippen molar-refractivity contribution in [3.63, 3.8) is 0 Å². The Morgan fingerprint density at radius 1 is 0.686 bits per heavy atom. The molecule has 1 aliphatic heterocycles. The molecule has 0 spiro atoms. The summed E-state index contributed by atoms with van der Waals surface area (Å²) in [6, 6.07) is 0. The third kappa shape index (κ3) is 27.4. The number of methoxy groups -OCH3 is 2. The summed E-state index contributed by atoms with van der Waals surface area (Å²) in [5.41, 5.74) is 9.79. The number of nitrogens with two attached hydrogens (primary N) is 2. The van der Waals surface area contributed by atoms with E-state index in [-0.39, 0.29) is 103 Å². The fraction of sp³-hybridized carbons (Fsp3) is 0.688. The van der Waals surface area contributed by atoms with Gasteiger partial charge in [0.25, 0.3) is 0 Å². The van der Waals surface area contributed by atoms with Gasteiger partial charge in [-0.05, 0) is 0 Å². The van der Waals surface area contributed by atoms with Crippen molar-refractivity contribution in [1.82, 2.24) is 26.2 Å². The van der Waals surface area contributed by atoms with Crippen molar-refractivity contribution in [2.24, 2.45) is 41.1 Å². The molecule has 1 rings (SSSR count). The van der Waals surface area contributed by atoms with Gasteiger partial charge in [0.1, 0.15) is 0 Å². The van der Waals surface area contributed by atoms with E-state index in [1.54, 1.807) is 34.6 Å². The van der Waals surface area contributed by atoms with Gasteiger partial charge in [-0.15, -0.1) is 0 Å². The van der Waals surface area contributed by atoms with E-state index in [0.29, 0.717) is 6.42 Å². The first-order valence-electron chi connectivity index (χ1n) is 15.9. The van der Waals surface area contributed by atoms with Gasteiger partial charge in [0.15, 0.2) is 0 Å². The van der Waals surface area contributed by atoms with Crippen LogP contribution in [-0.2, 0) is 57.4 Å². The number of imide groups is 1. The van der Waals surface area contributed by atoms with Gasteiger partial charge in [-0.25, -0.2) is 0 Å². The number of amides is 8. The Morgan fingerprint density at radius 2 is 1.10 bits per heavy atom. The van der Waals surface area contributed by atoms with E-state index in [9.17, 15) is 47.9 Å². The number of nitrogens with one attached hydrogen (secondary N) is 4. The van der Waals surface area contributed by atoms with Crippen LogP contribution in [0.25, 0.3) is 0 Å².